The molecule has 1 unspecified atom stereocenters. The van der Waals surface area contributed by atoms with Gasteiger partial charge in [0.1, 0.15) is 5.70 Å². The topological polar surface area (TPSA) is 173 Å². The van der Waals surface area contributed by atoms with E-state index in [0.717, 1.165) is 5.56 Å². The van der Waals surface area contributed by atoms with E-state index in [1.54, 1.807) is 31.2 Å². The fourth-order valence-corrected chi connectivity index (χ4v) is 7.62. The maximum absolute atomic E-state index is 13.5. The summed E-state index contributed by atoms with van der Waals surface area (Å²) in [7, 11) is 0. The Kier molecular flexibility index (Phi) is 7.82. The number of rotatable bonds is 9. The SMILES string of the molecule is C[C@H]1C(S[C@H]2C[C@@H](C(=O)Nc3cccc(C(=O)O)c3)N(Cc3ccc(N)cc3)C2)=C(C(=O)O)N2C(=O)[C@H]([C@@H](C)O)C12. The van der Waals surface area contributed by atoms with E-state index in [0.29, 0.717) is 35.8 Å². The third-order valence-electron chi connectivity index (χ3n) is 8.01. The van der Waals surface area contributed by atoms with Gasteiger partial charge in [0, 0.05) is 40.5 Å². The number of β-lactam (4-membered cyclic amide) rings is 1. The number of carbonyl (C=O) groups excluding carboxylic acids is 2. The second kappa shape index (κ2) is 11.2. The van der Waals surface area contributed by atoms with Crippen LogP contribution >= 0.6 is 11.8 Å². The number of benzene rings is 2. The van der Waals surface area contributed by atoms with Gasteiger partial charge in [-0.15, -0.1) is 11.8 Å². The lowest BCUT2D eigenvalue weighted by atomic mass is 9.79. The Morgan fingerprint density at radius 1 is 1.12 bits per heavy atom. The second-order valence-corrected chi connectivity index (χ2v) is 12.2. The highest BCUT2D eigenvalue weighted by atomic mass is 32.2. The van der Waals surface area contributed by atoms with Crippen LogP contribution in [0.25, 0.3) is 0 Å². The first-order valence-corrected chi connectivity index (χ1v) is 14.2. The van der Waals surface area contributed by atoms with Gasteiger partial charge in [-0.1, -0.05) is 25.1 Å². The van der Waals surface area contributed by atoms with Crippen LogP contribution in [0.2, 0.25) is 0 Å². The fraction of sp³-hybridized carbons (Fsp3) is 0.379. The number of amides is 2. The summed E-state index contributed by atoms with van der Waals surface area (Å²) in [4.78, 5) is 53.8. The number of aliphatic carboxylic acids is 1. The first-order chi connectivity index (χ1) is 19.5. The number of nitrogens with one attached hydrogen (secondary N) is 1. The van der Waals surface area contributed by atoms with Crippen molar-refractivity contribution < 1.29 is 34.5 Å². The summed E-state index contributed by atoms with van der Waals surface area (Å²) in [6.45, 7) is 4.34. The number of carboxylic acid groups (broad SMARTS) is 2. The van der Waals surface area contributed by atoms with Crippen LogP contribution in [0, 0.1) is 11.8 Å². The molecule has 2 saturated heterocycles. The van der Waals surface area contributed by atoms with E-state index in [1.807, 2.05) is 24.0 Å². The molecule has 0 radical (unpaired) electrons. The molecule has 0 spiro atoms. The van der Waals surface area contributed by atoms with Gasteiger partial charge in [0.2, 0.25) is 11.8 Å². The molecule has 41 heavy (non-hydrogen) atoms. The summed E-state index contributed by atoms with van der Waals surface area (Å²) in [5.41, 5.74) is 7.79. The number of hydrogen-bond acceptors (Lipinski definition) is 8. The number of aliphatic hydroxyl groups excluding tert-OH is 1. The largest absolute Gasteiger partial charge is 0.478 e. The van der Waals surface area contributed by atoms with Crippen molar-refractivity contribution in [1.82, 2.24) is 9.80 Å². The van der Waals surface area contributed by atoms with E-state index < -0.39 is 36.0 Å². The van der Waals surface area contributed by atoms with Crippen molar-refractivity contribution in [3.8, 4) is 0 Å². The number of nitrogens with zero attached hydrogens (tertiary/aromatic N) is 2. The molecule has 6 atom stereocenters. The van der Waals surface area contributed by atoms with Crippen molar-refractivity contribution in [3.05, 3.63) is 70.3 Å². The lowest BCUT2D eigenvalue weighted by Crippen LogP contribution is -2.63. The summed E-state index contributed by atoms with van der Waals surface area (Å²) in [5, 5.41) is 32.2. The molecule has 0 bridgehead atoms. The molecule has 0 aliphatic carbocycles. The second-order valence-electron chi connectivity index (χ2n) is 10.8. The van der Waals surface area contributed by atoms with E-state index in [-0.39, 0.29) is 34.2 Å². The van der Waals surface area contributed by atoms with Crippen LogP contribution < -0.4 is 11.1 Å². The molecular weight excluding hydrogens is 548 g/mol. The smallest absolute Gasteiger partial charge is 0.353 e. The maximum atomic E-state index is 13.5. The van der Waals surface area contributed by atoms with Crippen LogP contribution in [0.1, 0.15) is 36.2 Å². The number of anilines is 2. The van der Waals surface area contributed by atoms with Gasteiger partial charge in [-0.2, -0.15) is 0 Å². The van der Waals surface area contributed by atoms with Gasteiger partial charge in [0.25, 0.3) is 0 Å². The highest BCUT2D eigenvalue weighted by molar-refractivity contribution is 8.03. The quantitative estimate of drug-likeness (QED) is 0.219. The zero-order valence-electron chi connectivity index (χ0n) is 22.6. The minimum atomic E-state index is -1.19. The average Bonchev–Trinajstić information content (AvgIpc) is 3.42. The average molecular weight is 581 g/mol. The molecule has 11 nitrogen and oxygen atoms in total. The first kappa shape index (κ1) is 28.7. The van der Waals surface area contributed by atoms with E-state index in [4.69, 9.17) is 5.73 Å². The van der Waals surface area contributed by atoms with Crippen molar-refractivity contribution in [1.29, 1.82) is 0 Å². The lowest BCUT2D eigenvalue weighted by Gasteiger charge is -2.46. The summed E-state index contributed by atoms with van der Waals surface area (Å²) in [6, 6.07) is 12.4. The third-order valence-corrected chi connectivity index (χ3v) is 9.51. The Bertz CT molecular complexity index is 1430. The Hall–Kier alpha value is -3.87. The Morgan fingerprint density at radius 3 is 2.46 bits per heavy atom. The number of nitrogens with two attached hydrogens (primary N) is 1. The lowest BCUT2D eigenvalue weighted by molar-refractivity contribution is -0.163. The third kappa shape index (κ3) is 5.42. The highest BCUT2D eigenvalue weighted by Gasteiger charge is 2.60. The van der Waals surface area contributed by atoms with Gasteiger partial charge in [-0.05, 0) is 49.2 Å². The number of carbonyl (C=O) groups is 4. The predicted octanol–water partition coefficient (Wildman–Crippen LogP) is 2.44. The van der Waals surface area contributed by atoms with Crippen LogP contribution in [0.5, 0.6) is 0 Å². The van der Waals surface area contributed by atoms with Gasteiger partial charge in [0.15, 0.2) is 0 Å². The number of aromatic carboxylic acids is 1. The molecule has 3 aliphatic rings. The van der Waals surface area contributed by atoms with Crippen molar-refractivity contribution in [2.24, 2.45) is 11.8 Å². The van der Waals surface area contributed by atoms with Gasteiger partial charge >= 0.3 is 11.9 Å². The number of likely N-dealkylation sites (tertiary alicyclic amines) is 1. The van der Waals surface area contributed by atoms with Gasteiger partial charge in [-0.25, -0.2) is 9.59 Å². The molecule has 0 aromatic heterocycles. The van der Waals surface area contributed by atoms with Crippen LogP contribution in [0.4, 0.5) is 11.4 Å². The normalized spacial score (nSPS) is 26.5. The minimum Gasteiger partial charge on any atom is -0.478 e. The van der Waals surface area contributed by atoms with Crippen LogP contribution in [0.15, 0.2) is 59.1 Å². The number of aliphatic hydroxyl groups is 1. The molecule has 2 aromatic rings. The zero-order valence-corrected chi connectivity index (χ0v) is 23.4. The maximum Gasteiger partial charge on any atom is 0.353 e. The minimum absolute atomic E-state index is 0.0436. The number of hydrogen-bond donors (Lipinski definition) is 5. The molecular formula is C29H32N4O7S. The molecule has 2 amide bonds. The van der Waals surface area contributed by atoms with Crippen molar-refractivity contribution in [3.63, 3.8) is 0 Å². The van der Waals surface area contributed by atoms with E-state index in [1.165, 1.54) is 28.8 Å². The van der Waals surface area contributed by atoms with Gasteiger partial charge in [-0.3, -0.25) is 14.5 Å². The van der Waals surface area contributed by atoms with E-state index >= 15 is 0 Å². The number of nitrogen functional groups attached to an aromatic ring is 1. The Balaban J connectivity index is 1.39. The number of carboxylic acids is 2. The first-order valence-electron chi connectivity index (χ1n) is 13.3. The molecule has 2 aromatic carbocycles. The summed E-state index contributed by atoms with van der Waals surface area (Å²) in [6.07, 6.45) is -0.480. The zero-order chi connectivity index (χ0) is 29.6. The molecule has 3 aliphatic heterocycles. The molecule has 6 N–H and O–H groups in total. The van der Waals surface area contributed by atoms with Gasteiger partial charge < -0.3 is 31.3 Å². The predicted molar refractivity (Wildman–Crippen MR) is 153 cm³/mol. The van der Waals surface area contributed by atoms with Crippen molar-refractivity contribution >= 4 is 46.9 Å². The molecule has 3 heterocycles. The van der Waals surface area contributed by atoms with E-state index in [9.17, 15) is 34.5 Å². The molecule has 2 fully saturated rings. The van der Waals surface area contributed by atoms with E-state index in [2.05, 4.69) is 5.32 Å². The summed E-state index contributed by atoms with van der Waals surface area (Å²) in [5.74, 6) is -3.90. The number of thioether (sulfide) groups is 1. The van der Waals surface area contributed by atoms with Crippen LogP contribution in [-0.2, 0) is 20.9 Å². The van der Waals surface area contributed by atoms with Crippen molar-refractivity contribution in [2.45, 2.75) is 50.3 Å². The number of fused-ring (bicyclic) bond motifs is 1. The summed E-state index contributed by atoms with van der Waals surface area (Å²) < 4.78 is 0. The Morgan fingerprint density at radius 2 is 1.83 bits per heavy atom. The van der Waals surface area contributed by atoms with Crippen molar-refractivity contribution in [2.75, 3.05) is 17.6 Å². The molecule has 5 rings (SSSR count). The standard InChI is InChI=1S/C29H32N4O7S/c1-14-23-22(15(2)34)27(36)33(23)24(29(39)40)25(14)41-20-11-21(32(13-20)12-16-6-8-18(30)9-7-16)26(35)31-19-5-3-4-17(10-19)28(37)38/h3-10,14-15,20-23,34H,11-13,30H2,1-2H3,(H,31,35)(H,37,38)(H,39,40)/t14-,15-,20+,21+,22-,23?/m1/s1. The summed E-state index contributed by atoms with van der Waals surface area (Å²) >= 11 is 1.38. The molecule has 0 saturated carbocycles. The Labute approximate surface area is 241 Å². The van der Waals surface area contributed by atoms with Gasteiger partial charge in [0.05, 0.1) is 29.7 Å². The monoisotopic (exact) mass is 580 g/mol. The van der Waals surface area contributed by atoms with Crippen LogP contribution in [0.3, 0.4) is 0 Å². The highest BCUT2D eigenvalue weighted by Crippen LogP contribution is 2.52. The van der Waals surface area contributed by atoms with Crippen LogP contribution in [-0.4, -0.2) is 78.9 Å². The molecule has 12 heteroatoms. The molecule has 216 valence electrons. The fourth-order valence-electron chi connectivity index (χ4n) is 6.07.